The van der Waals surface area contributed by atoms with Gasteiger partial charge in [0.1, 0.15) is 10.0 Å². The van der Waals surface area contributed by atoms with E-state index < -0.39 is 15.9 Å². The highest BCUT2D eigenvalue weighted by molar-refractivity contribution is 7.90. The molecule has 7 heteroatoms. The Morgan fingerprint density at radius 1 is 1.20 bits per heavy atom. The van der Waals surface area contributed by atoms with E-state index in [0.717, 1.165) is 4.31 Å². The third-order valence-electron chi connectivity index (χ3n) is 3.03. The molecule has 102 valence electrons. The first kappa shape index (κ1) is 13.1. The molecule has 0 N–H and O–H groups in total. The number of fused-ring (bicyclic) bond motifs is 1. The average Bonchev–Trinajstić information content (AvgIpc) is 2.61. The van der Waals surface area contributed by atoms with Gasteiger partial charge >= 0.3 is 0 Å². The summed E-state index contributed by atoms with van der Waals surface area (Å²) < 4.78 is 25.5. The van der Waals surface area contributed by atoms with E-state index in [4.69, 9.17) is 11.6 Å². The van der Waals surface area contributed by atoms with Gasteiger partial charge in [0.2, 0.25) is 0 Å². The first-order chi connectivity index (χ1) is 9.50. The lowest BCUT2D eigenvalue weighted by atomic mass is 10.2. The van der Waals surface area contributed by atoms with Crippen molar-refractivity contribution in [3.63, 3.8) is 0 Å². The van der Waals surface area contributed by atoms with Crippen molar-refractivity contribution in [2.24, 2.45) is 0 Å². The summed E-state index contributed by atoms with van der Waals surface area (Å²) in [5, 5.41) is 0.254. The summed E-state index contributed by atoms with van der Waals surface area (Å²) in [6.07, 6.45) is 1.47. The molecule has 1 aromatic carbocycles. The topological polar surface area (TPSA) is 67.3 Å². The molecule has 0 aliphatic carbocycles. The van der Waals surface area contributed by atoms with Gasteiger partial charge in [-0.2, -0.15) is 0 Å². The van der Waals surface area contributed by atoms with Crippen LogP contribution in [-0.2, 0) is 16.6 Å². The smallest absolute Gasteiger partial charge is 0.268 e. The number of pyridine rings is 1. The Morgan fingerprint density at radius 3 is 2.65 bits per heavy atom. The monoisotopic (exact) mass is 308 g/mol. The molecule has 0 radical (unpaired) electrons. The zero-order chi connectivity index (χ0) is 14.3. The van der Waals surface area contributed by atoms with E-state index >= 15 is 0 Å². The van der Waals surface area contributed by atoms with E-state index in [-0.39, 0.29) is 22.2 Å². The number of aromatic nitrogens is 1. The summed E-state index contributed by atoms with van der Waals surface area (Å²) in [7, 11) is -3.79. The second-order valence-corrected chi connectivity index (χ2v) is 6.52. The number of sulfonamides is 1. The molecular formula is C13H9ClN2O3S. The molecule has 20 heavy (non-hydrogen) atoms. The summed E-state index contributed by atoms with van der Waals surface area (Å²) in [5.74, 6) is -0.520. The predicted octanol–water partition coefficient (Wildman–Crippen LogP) is 2.08. The minimum atomic E-state index is -3.79. The molecule has 1 amide bonds. The largest absolute Gasteiger partial charge is 0.269 e. The van der Waals surface area contributed by atoms with E-state index in [9.17, 15) is 13.2 Å². The molecule has 3 rings (SSSR count). The highest BCUT2D eigenvalue weighted by Gasteiger charge is 2.40. The van der Waals surface area contributed by atoms with Crippen LogP contribution in [0.4, 0.5) is 0 Å². The maximum Gasteiger partial charge on any atom is 0.269 e. The molecule has 2 heterocycles. The van der Waals surface area contributed by atoms with Crippen molar-refractivity contribution in [2.45, 2.75) is 11.4 Å². The Hall–Kier alpha value is -1.92. The molecule has 0 atom stereocenters. The molecule has 1 aliphatic heterocycles. The van der Waals surface area contributed by atoms with Crippen molar-refractivity contribution in [2.75, 3.05) is 0 Å². The first-order valence-electron chi connectivity index (χ1n) is 5.77. The van der Waals surface area contributed by atoms with Gasteiger partial charge in [0.25, 0.3) is 15.9 Å². The van der Waals surface area contributed by atoms with Crippen molar-refractivity contribution >= 4 is 27.5 Å². The van der Waals surface area contributed by atoms with Crippen molar-refractivity contribution < 1.29 is 13.2 Å². The fraction of sp³-hybridized carbons (Fsp3) is 0.0769. The van der Waals surface area contributed by atoms with Crippen LogP contribution < -0.4 is 0 Å². The van der Waals surface area contributed by atoms with Gasteiger partial charge in [-0.25, -0.2) is 17.7 Å². The highest BCUT2D eigenvalue weighted by Crippen LogP contribution is 2.31. The second kappa shape index (κ2) is 4.57. The van der Waals surface area contributed by atoms with E-state index in [2.05, 4.69) is 4.98 Å². The Bertz CT molecular complexity index is 805. The Morgan fingerprint density at radius 2 is 1.95 bits per heavy atom. The summed E-state index contributed by atoms with van der Waals surface area (Å²) in [6, 6.07) is 9.33. The molecule has 0 saturated heterocycles. The van der Waals surface area contributed by atoms with Gasteiger partial charge in [-0.1, -0.05) is 23.7 Å². The molecule has 0 fully saturated rings. The minimum absolute atomic E-state index is 0.0464. The Labute approximate surface area is 120 Å². The van der Waals surface area contributed by atoms with E-state index in [1.165, 1.54) is 24.4 Å². The van der Waals surface area contributed by atoms with E-state index in [1.54, 1.807) is 18.2 Å². The standard InChI is InChI=1S/C13H9ClN2O3S/c14-12-7-9(5-6-15-12)8-16-13(17)10-3-1-2-4-11(10)20(16,18)19/h1-7H,8H2. The molecule has 0 spiro atoms. The van der Waals surface area contributed by atoms with Gasteiger partial charge in [-0.3, -0.25) is 4.79 Å². The van der Waals surface area contributed by atoms with E-state index in [1.807, 2.05) is 0 Å². The van der Waals surface area contributed by atoms with Crippen LogP contribution in [0.2, 0.25) is 5.15 Å². The van der Waals surface area contributed by atoms with Crippen LogP contribution in [0.1, 0.15) is 15.9 Å². The first-order valence-corrected chi connectivity index (χ1v) is 7.58. The van der Waals surface area contributed by atoms with Gasteiger partial charge in [0.15, 0.2) is 0 Å². The van der Waals surface area contributed by atoms with Crippen LogP contribution in [0.25, 0.3) is 0 Å². The third kappa shape index (κ3) is 1.97. The normalized spacial score (nSPS) is 16.2. The highest BCUT2D eigenvalue weighted by atomic mass is 35.5. The minimum Gasteiger partial charge on any atom is -0.268 e. The molecular weight excluding hydrogens is 300 g/mol. The predicted molar refractivity (Wildman–Crippen MR) is 72.7 cm³/mol. The molecule has 0 saturated carbocycles. The van der Waals surface area contributed by atoms with Crippen LogP contribution in [0.3, 0.4) is 0 Å². The van der Waals surface area contributed by atoms with Crippen LogP contribution in [-0.4, -0.2) is 23.6 Å². The lowest BCUT2D eigenvalue weighted by molar-refractivity contribution is 0.0865. The number of nitrogens with zero attached hydrogens (tertiary/aromatic N) is 2. The quantitative estimate of drug-likeness (QED) is 0.797. The summed E-state index contributed by atoms with van der Waals surface area (Å²) >= 11 is 5.76. The number of carbonyl (C=O) groups is 1. The maximum absolute atomic E-state index is 12.3. The van der Waals surface area contributed by atoms with Gasteiger partial charge in [-0.15, -0.1) is 0 Å². The van der Waals surface area contributed by atoms with Crippen molar-refractivity contribution in [3.05, 3.63) is 58.9 Å². The van der Waals surface area contributed by atoms with Gasteiger partial charge in [-0.05, 0) is 29.8 Å². The van der Waals surface area contributed by atoms with Crippen LogP contribution in [0, 0.1) is 0 Å². The number of hydrogen-bond acceptors (Lipinski definition) is 4. The van der Waals surface area contributed by atoms with Gasteiger partial charge < -0.3 is 0 Å². The molecule has 5 nitrogen and oxygen atoms in total. The Balaban J connectivity index is 2.03. The summed E-state index contributed by atoms with van der Waals surface area (Å²) in [4.78, 5) is 16.1. The maximum atomic E-state index is 12.3. The van der Waals surface area contributed by atoms with Gasteiger partial charge in [0.05, 0.1) is 12.1 Å². The van der Waals surface area contributed by atoms with Gasteiger partial charge in [0, 0.05) is 6.20 Å². The van der Waals surface area contributed by atoms with E-state index in [0.29, 0.717) is 5.56 Å². The number of hydrogen-bond donors (Lipinski definition) is 0. The molecule has 0 unspecified atom stereocenters. The number of halogens is 1. The molecule has 2 aromatic rings. The van der Waals surface area contributed by atoms with Crippen LogP contribution in [0.5, 0.6) is 0 Å². The fourth-order valence-corrected chi connectivity index (χ4v) is 3.85. The number of rotatable bonds is 2. The van der Waals surface area contributed by atoms with Crippen LogP contribution in [0.15, 0.2) is 47.5 Å². The summed E-state index contributed by atoms with van der Waals surface area (Å²) in [5.41, 5.74) is 0.808. The molecule has 1 aromatic heterocycles. The van der Waals surface area contributed by atoms with Crippen molar-refractivity contribution in [3.8, 4) is 0 Å². The summed E-state index contributed by atoms with van der Waals surface area (Å²) in [6.45, 7) is -0.0575. The molecule has 1 aliphatic rings. The van der Waals surface area contributed by atoms with Crippen molar-refractivity contribution in [1.82, 2.24) is 9.29 Å². The fourth-order valence-electron chi connectivity index (χ4n) is 2.09. The number of amides is 1. The lowest BCUT2D eigenvalue weighted by Gasteiger charge is -2.15. The average molecular weight is 309 g/mol. The number of carbonyl (C=O) groups excluding carboxylic acids is 1. The lowest BCUT2D eigenvalue weighted by Crippen LogP contribution is -2.29. The third-order valence-corrected chi connectivity index (χ3v) is 5.02. The number of benzene rings is 1. The molecule has 0 bridgehead atoms. The SMILES string of the molecule is O=C1c2ccccc2S(=O)(=O)N1Cc1ccnc(Cl)c1. The zero-order valence-corrected chi connectivity index (χ0v) is 11.7. The zero-order valence-electron chi connectivity index (χ0n) is 10.2. The Kier molecular flexibility index (Phi) is 2.99. The van der Waals surface area contributed by atoms with Crippen molar-refractivity contribution in [1.29, 1.82) is 0 Å². The van der Waals surface area contributed by atoms with Crippen LogP contribution >= 0.6 is 11.6 Å². The second-order valence-electron chi connectivity index (χ2n) is 4.30.